The number of ether oxygens (including phenoxy) is 1. The molecule has 0 unspecified atom stereocenters. The van der Waals surface area contributed by atoms with Gasteiger partial charge in [0, 0.05) is 11.4 Å². The zero-order valence-electron chi connectivity index (χ0n) is 16.0. The Hall–Kier alpha value is -2.47. The minimum absolute atomic E-state index is 0.109. The second-order valence-corrected chi connectivity index (χ2v) is 7.27. The van der Waals surface area contributed by atoms with Gasteiger partial charge in [0.1, 0.15) is 5.75 Å². The molecule has 5 nitrogen and oxygen atoms in total. The fraction of sp³-hybridized carbons (Fsp3) is 0.333. The zero-order chi connectivity index (χ0) is 19.6. The molecular weight excluding hydrogens is 360 g/mol. The van der Waals surface area contributed by atoms with Crippen molar-refractivity contribution in [1.82, 2.24) is 0 Å². The Morgan fingerprint density at radius 1 is 0.963 bits per heavy atom. The first-order chi connectivity index (χ1) is 13.0. The number of thioether (sulfide) groups is 1. The monoisotopic (exact) mass is 386 g/mol. The van der Waals surface area contributed by atoms with Crippen LogP contribution in [0.5, 0.6) is 5.75 Å². The van der Waals surface area contributed by atoms with Gasteiger partial charge in [-0.2, -0.15) is 0 Å². The third-order valence-corrected chi connectivity index (χ3v) is 4.70. The number of nitrogens with one attached hydrogen (secondary N) is 2. The molecule has 2 amide bonds. The van der Waals surface area contributed by atoms with Crippen molar-refractivity contribution in [1.29, 1.82) is 0 Å². The maximum absolute atomic E-state index is 12.1. The minimum Gasteiger partial charge on any atom is -0.494 e. The van der Waals surface area contributed by atoms with Gasteiger partial charge >= 0.3 is 0 Å². The van der Waals surface area contributed by atoms with Crippen molar-refractivity contribution in [2.75, 3.05) is 28.7 Å². The Bertz CT molecular complexity index is 760. The van der Waals surface area contributed by atoms with Crippen LogP contribution in [0, 0.1) is 0 Å². The van der Waals surface area contributed by atoms with E-state index in [4.69, 9.17) is 4.74 Å². The van der Waals surface area contributed by atoms with Gasteiger partial charge in [-0.15, -0.1) is 11.8 Å². The molecule has 2 aromatic carbocycles. The summed E-state index contributed by atoms with van der Waals surface area (Å²) >= 11 is 1.28. The van der Waals surface area contributed by atoms with Crippen molar-refractivity contribution in [3.63, 3.8) is 0 Å². The van der Waals surface area contributed by atoms with Crippen LogP contribution < -0.4 is 15.4 Å². The second kappa shape index (κ2) is 10.6. The molecule has 0 bridgehead atoms. The van der Waals surface area contributed by atoms with Gasteiger partial charge in [-0.1, -0.05) is 32.0 Å². The summed E-state index contributed by atoms with van der Waals surface area (Å²) < 4.78 is 5.37. The molecule has 6 heteroatoms. The molecule has 0 saturated heterocycles. The third kappa shape index (κ3) is 6.98. The Morgan fingerprint density at radius 2 is 1.59 bits per heavy atom. The lowest BCUT2D eigenvalue weighted by Gasteiger charge is -2.13. The summed E-state index contributed by atoms with van der Waals surface area (Å²) in [7, 11) is 0. The van der Waals surface area contributed by atoms with E-state index in [1.165, 1.54) is 11.8 Å². The maximum atomic E-state index is 12.1. The van der Waals surface area contributed by atoms with Crippen LogP contribution >= 0.6 is 11.8 Å². The molecule has 2 N–H and O–H groups in total. The van der Waals surface area contributed by atoms with Crippen LogP contribution in [-0.2, 0) is 9.59 Å². The number of para-hydroxylation sites is 1. The highest BCUT2D eigenvalue weighted by molar-refractivity contribution is 8.00. The number of anilines is 2. The minimum atomic E-state index is -0.139. The highest BCUT2D eigenvalue weighted by Gasteiger charge is 2.10. The first kappa shape index (κ1) is 20.8. The van der Waals surface area contributed by atoms with E-state index in [-0.39, 0.29) is 23.3 Å². The van der Waals surface area contributed by atoms with Crippen molar-refractivity contribution in [3.05, 3.63) is 54.1 Å². The van der Waals surface area contributed by atoms with Crippen LogP contribution in [0.4, 0.5) is 11.4 Å². The van der Waals surface area contributed by atoms with E-state index in [1.54, 1.807) is 12.1 Å². The molecule has 0 radical (unpaired) electrons. The number of benzene rings is 2. The molecule has 0 fully saturated rings. The van der Waals surface area contributed by atoms with E-state index in [2.05, 4.69) is 24.5 Å². The zero-order valence-corrected chi connectivity index (χ0v) is 16.8. The number of hydrogen-bond acceptors (Lipinski definition) is 4. The number of hydrogen-bond donors (Lipinski definition) is 2. The summed E-state index contributed by atoms with van der Waals surface area (Å²) in [5.74, 6) is 1.29. The van der Waals surface area contributed by atoms with Crippen LogP contribution in [0.3, 0.4) is 0 Å². The third-order valence-electron chi connectivity index (χ3n) is 3.77. The topological polar surface area (TPSA) is 67.4 Å². The molecule has 27 heavy (non-hydrogen) atoms. The van der Waals surface area contributed by atoms with Gasteiger partial charge < -0.3 is 15.4 Å². The van der Waals surface area contributed by atoms with Crippen LogP contribution in [0.25, 0.3) is 0 Å². The lowest BCUT2D eigenvalue weighted by atomic mass is 10.0. The van der Waals surface area contributed by atoms with Crippen LogP contribution in [0.2, 0.25) is 0 Å². The number of carbonyl (C=O) groups excluding carboxylic acids is 2. The lowest BCUT2D eigenvalue weighted by molar-refractivity contribution is -0.114. The summed E-state index contributed by atoms with van der Waals surface area (Å²) in [6.45, 7) is 6.70. The molecule has 0 aliphatic rings. The fourth-order valence-corrected chi connectivity index (χ4v) is 3.15. The van der Waals surface area contributed by atoms with E-state index in [9.17, 15) is 9.59 Å². The van der Waals surface area contributed by atoms with Gasteiger partial charge in [-0.3, -0.25) is 9.59 Å². The Balaban J connectivity index is 1.75. The number of amides is 2. The molecule has 0 aromatic heterocycles. The molecule has 144 valence electrons. The molecule has 0 saturated carbocycles. The van der Waals surface area contributed by atoms with Crippen molar-refractivity contribution in [2.24, 2.45) is 0 Å². The quantitative estimate of drug-likeness (QED) is 0.665. The SMILES string of the molecule is CCOc1ccc(NC(=O)CSCC(=O)Nc2ccccc2C(C)C)cc1. The van der Waals surface area contributed by atoms with Crippen molar-refractivity contribution < 1.29 is 14.3 Å². The van der Waals surface area contributed by atoms with Gasteiger partial charge in [0.2, 0.25) is 11.8 Å². The summed E-state index contributed by atoms with van der Waals surface area (Å²) in [6.07, 6.45) is 0. The molecular formula is C21H26N2O3S. The van der Waals surface area contributed by atoms with Crippen LogP contribution in [0.15, 0.2) is 48.5 Å². The molecule has 2 aromatic rings. The highest BCUT2D eigenvalue weighted by atomic mass is 32.2. The number of carbonyl (C=O) groups is 2. The molecule has 0 heterocycles. The average molecular weight is 387 g/mol. The molecule has 0 aliphatic heterocycles. The largest absolute Gasteiger partial charge is 0.494 e. The standard InChI is InChI=1S/C21H26N2O3S/c1-4-26-17-11-9-16(10-12-17)22-20(24)13-27-14-21(25)23-19-8-6-5-7-18(19)15(2)3/h5-12,15H,4,13-14H2,1-3H3,(H,22,24)(H,23,25). The Kier molecular flexibility index (Phi) is 8.20. The molecule has 0 atom stereocenters. The van der Waals surface area contributed by atoms with Crippen molar-refractivity contribution in [2.45, 2.75) is 26.7 Å². The molecule has 0 spiro atoms. The maximum Gasteiger partial charge on any atom is 0.234 e. The summed E-state index contributed by atoms with van der Waals surface area (Å²) in [5, 5.41) is 5.74. The van der Waals surface area contributed by atoms with Gasteiger partial charge in [0.15, 0.2) is 0 Å². The van der Waals surface area contributed by atoms with Crippen LogP contribution in [0.1, 0.15) is 32.3 Å². The fourth-order valence-electron chi connectivity index (χ4n) is 2.54. The van der Waals surface area contributed by atoms with E-state index in [0.29, 0.717) is 18.2 Å². The smallest absolute Gasteiger partial charge is 0.234 e. The summed E-state index contributed by atoms with van der Waals surface area (Å²) in [4.78, 5) is 24.2. The van der Waals surface area contributed by atoms with E-state index in [1.807, 2.05) is 43.3 Å². The van der Waals surface area contributed by atoms with Gasteiger partial charge in [0.05, 0.1) is 18.1 Å². The predicted molar refractivity (Wildman–Crippen MR) is 113 cm³/mol. The van der Waals surface area contributed by atoms with E-state index < -0.39 is 0 Å². The first-order valence-electron chi connectivity index (χ1n) is 8.98. The van der Waals surface area contributed by atoms with Gasteiger partial charge in [-0.05, 0) is 48.7 Å². The Labute approximate surface area is 164 Å². The van der Waals surface area contributed by atoms with Crippen molar-refractivity contribution in [3.8, 4) is 5.75 Å². The molecule has 0 aliphatic carbocycles. The van der Waals surface area contributed by atoms with Crippen LogP contribution in [-0.4, -0.2) is 29.9 Å². The normalized spacial score (nSPS) is 10.5. The van der Waals surface area contributed by atoms with E-state index >= 15 is 0 Å². The molecule has 2 rings (SSSR count). The summed E-state index contributed by atoms with van der Waals surface area (Å²) in [6, 6.07) is 15.0. The van der Waals surface area contributed by atoms with E-state index in [0.717, 1.165) is 17.0 Å². The van der Waals surface area contributed by atoms with Gasteiger partial charge in [0.25, 0.3) is 0 Å². The average Bonchev–Trinajstić information content (AvgIpc) is 2.64. The Morgan fingerprint density at radius 3 is 2.22 bits per heavy atom. The van der Waals surface area contributed by atoms with Gasteiger partial charge in [-0.25, -0.2) is 0 Å². The second-order valence-electron chi connectivity index (χ2n) is 6.29. The lowest BCUT2D eigenvalue weighted by Crippen LogP contribution is -2.19. The first-order valence-corrected chi connectivity index (χ1v) is 10.1. The summed E-state index contributed by atoms with van der Waals surface area (Å²) in [5.41, 5.74) is 2.64. The van der Waals surface area contributed by atoms with Crippen molar-refractivity contribution >= 4 is 35.0 Å². The predicted octanol–water partition coefficient (Wildman–Crippen LogP) is 4.52. The number of rotatable bonds is 9. The highest BCUT2D eigenvalue weighted by Crippen LogP contribution is 2.23.